The fraction of sp³-hybridized carbons (Fsp3) is 0.333. The van der Waals surface area contributed by atoms with E-state index in [4.69, 9.17) is 16.3 Å². The van der Waals surface area contributed by atoms with E-state index >= 15 is 0 Å². The summed E-state index contributed by atoms with van der Waals surface area (Å²) in [6, 6.07) is 3.66. The number of hydrazone groups is 1. The van der Waals surface area contributed by atoms with E-state index < -0.39 is 0 Å². The van der Waals surface area contributed by atoms with E-state index in [1.54, 1.807) is 0 Å². The number of hydrogen-bond donors (Lipinski definition) is 1. The van der Waals surface area contributed by atoms with Crippen LogP contribution in [-0.4, -0.2) is 17.3 Å². The molecule has 1 N–H and O–H groups in total. The number of fused-ring (bicyclic) bond motifs is 1. The number of thiazole rings is 1. The third-order valence-electron chi connectivity index (χ3n) is 2.13. The average Bonchev–Trinajstić information content (AvgIpc) is 2.75. The van der Waals surface area contributed by atoms with E-state index in [1.807, 2.05) is 32.9 Å². The van der Waals surface area contributed by atoms with E-state index in [2.05, 4.69) is 15.5 Å². The second kappa shape index (κ2) is 5.54. The van der Waals surface area contributed by atoms with Crippen LogP contribution in [0.15, 0.2) is 17.2 Å². The smallest absolute Gasteiger partial charge is 0.204 e. The van der Waals surface area contributed by atoms with Gasteiger partial charge in [-0.25, -0.2) is 4.98 Å². The molecule has 2 rings (SSSR count). The number of anilines is 1. The highest BCUT2D eigenvalue weighted by Crippen LogP contribution is 2.37. The van der Waals surface area contributed by atoms with Crippen LogP contribution < -0.4 is 10.2 Å². The lowest BCUT2D eigenvalue weighted by Gasteiger charge is -2.03. The molecule has 2 aromatic rings. The van der Waals surface area contributed by atoms with Crippen LogP contribution in [0.5, 0.6) is 5.75 Å². The van der Waals surface area contributed by atoms with Crippen LogP contribution in [0.3, 0.4) is 0 Å². The standard InChI is InChI=1S/C12H14ClN3OS/c1-4-17-9-6-5-8(13)11-10(9)14-12(18-11)16-15-7(2)3/h5-6H,4H2,1-3H3,(H,14,16). The fourth-order valence-corrected chi connectivity index (χ4v) is 2.53. The second-order valence-electron chi connectivity index (χ2n) is 3.85. The molecule has 0 atom stereocenters. The Kier molecular flexibility index (Phi) is 4.04. The number of benzene rings is 1. The molecule has 0 aliphatic heterocycles. The first kappa shape index (κ1) is 13.1. The van der Waals surface area contributed by atoms with Crippen LogP contribution in [0.1, 0.15) is 20.8 Å². The molecule has 0 aliphatic carbocycles. The maximum absolute atomic E-state index is 6.16. The maximum atomic E-state index is 6.16. The van der Waals surface area contributed by atoms with Gasteiger partial charge >= 0.3 is 0 Å². The monoisotopic (exact) mass is 283 g/mol. The lowest BCUT2D eigenvalue weighted by molar-refractivity contribution is 0.344. The highest BCUT2D eigenvalue weighted by atomic mass is 35.5. The first-order valence-electron chi connectivity index (χ1n) is 5.60. The minimum Gasteiger partial charge on any atom is -0.492 e. The minimum absolute atomic E-state index is 0.600. The van der Waals surface area contributed by atoms with E-state index in [0.717, 1.165) is 21.7 Å². The van der Waals surface area contributed by atoms with Gasteiger partial charge < -0.3 is 4.74 Å². The quantitative estimate of drug-likeness (QED) is 0.677. The molecule has 0 aliphatic rings. The van der Waals surface area contributed by atoms with Crippen LogP contribution in [0.25, 0.3) is 10.2 Å². The molecular formula is C12H14ClN3OS. The molecule has 0 unspecified atom stereocenters. The number of ether oxygens (including phenoxy) is 1. The highest BCUT2D eigenvalue weighted by molar-refractivity contribution is 7.22. The van der Waals surface area contributed by atoms with Crippen molar-refractivity contribution in [2.75, 3.05) is 12.0 Å². The molecule has 0 radical (unpaired) electrons. The zero-order valence-electron chi connectivity index (χ0n) is 10.5. The Bertz CT molecular complexity index is 590. The Morgan fingerprint density at radius 2 is 2.28 bits per heavy atom. The Labute approximate surface area is 115 Å². The molecule has 0 saturated carbocycles. The molecule has 1 aromatic heterocycles. The highest BCUT2D eigenvalue weighted by Gasteiger charge is 2.12. The van der Waals surface area contributed by atoms with Crippen molar-refractivity contribution in [3.63, 3.8) is 0 Å². The van der Waals surface area contributed by atoms with Crippen LogP contribution >= 0.6 is 22.9 Å². The third-order valence-corrected chi connectivity index (χ3v) is 3.55. The van der Waals surface area contributed by atoms with Gasteiger partial charge in [-0.05, 0) is 32.9 Å². The topological polar surface area (TPSA) is 46.5 Å². The van der Waals surface area contributed by atoms with Crippen molar-refractivity contribution >= 4 is 44.0 Å². The maximum Gasteiger partial charge on any atom is 0.204 e. The molecule has 0 saturated heterocycles. The lowest BCUT2D eigenvalue weighted by atomic mass is 10.3. The molecular weight excluding hydrogens is 270 g/mol. The molecule has 0 spiro atoms. The summed E-state index contributed by atoms with van der Waals surface area (Å²) in [5, 5.41) is 5.51. The number of rotatable bonds is 4. The first-order valence-corrected chi connectivity index (χ1v) is 6.80. The lowest BCUT2D eigenvalue weighted by Crippen LogP contribution is -1.93. The molecule has 0 fully saturated rings. The van der Waals surface area contributed by atoms with Gasteiger partial charge in [0, 0.05) is 5.71 Å². The van der Waals surface area contributed by atoms with Crippen molar-refractivity contribution in [1.29, 1.82) is 0 Å². The predicted molar refractivity (Wildman–Crippen MR) is 78.2 cm³/mol. The van der Waals surface area contributed by atoms with Gasteiger partial charge in [-0.3, -0.25) is 5.43 Å². The molecule has 1 heterocycles. The molecule has 6 heteroatoms. The van der Waals surface area contributed by atoms with Crippen molar-refractivity contribution in [2.24, 2.45) is 5.10 Å². The van der Waals surface area contributed by atoms with Gasteiger partial charge in [0.05, 0.1) is 16.3 Å². The Balaban J connectivity index is 2.45. The van der Waals surface area contributed by atoms with E-state index in [-0.39, 0.29) is 0 Å². The van der Waals surface area contributed by atoms with Gasteiger partial charge in [-0.1, -0.05) is 22.9 Å². The minimum atomic E-state index is 0.600. The molecule has 4 nitrogen and oxygen atoms in total. The third kappa shape index (κ3) is 2.73. The summed E-state index contributed by atoms with van der Waals surface area (Å²) in [6.07, 6.45) is 0. The SMILES string of the molecule is CCOc1ccc(Cl)c2sc(NN=C(C)C)nc12. The largest absolute Gasteiger partial charge is 0.492 e. The summed E-state index contributed by atoms with van der Waals surface area (Å²) in [4.78, 5) is 4.45. The fourth-order valence-electron chi connectivity index (χ4n) is 1.43. The number of aromatic nitrogens is 1. The predicted octanol–water partition coefficient (Wildman–Crippen LogP) is 4.16. The molecule has 96 valence electrons. The Hall–Kier alpha value is -1.33. The van der Waals surface area contributed by atoms with Crippen molar-refractivity contribution in [1.82, 2.24) is 4.98 Å². The molecule has 18 heavy (non-hydrogen) atoms. The second-order valence-corrected chi connectivity index (χ2v) is 5.25. The molecule has 0 amide bonds. The first-order chi connectivity index (χ1) is 8.61. The van der Waals surface area contributed by atoms with E-state index in [1.165, 1.54) is 11.3 Å². The number of halogens is 1. The normalized spacial score (nSPS) is 10.4. The van der Waals surface area contributed by atoms with E-state index in [9.17, 15) is 0 Å². The van der Waals surface area contributed by atoms with Crippen LogP contribution in [-0.2, 0) is 0 Å². The van der Waals surface area contributed by atoms with Crippen LogP contribution in [0.2, 0.25) is 5.02 Å². The summed E-state index contributed by atoms with van der Waals surface area (Å²) in [5.74, 6) is 0.749. The summed E-state index contributed by atoms with van der Waals surface area (Å²) in [5.41, 5.74) is 4.63. The van der Waals surface area contributed by atoms with E-state index in [0.29, 0.717) is 16.8 Å². The molecule has 0 bridgehead atoms. The van der Waals surface area contributed by atoms with Gasteiger partial charge in [0.1, 0.15) is 11.3 Å². The summed E-state index contributed by atoms with van der Waals surface area (Å²) in [6.45, 7) is 6.37. The van der Waals surface area contributed by atoms with Crippen LogP contribution in [0.4, 0.5) is 5.13 Å². The number of hydrogen-bond acceptors (Lipinski definition) is 5. The molecule has 1 aromatic carbocycles. The van der Waals surface area contributed by atoms with Crippen molar-refractivity contribution in [3.8, 4) is 5.75 Å². The average molecular weight is 284 g/mol. The Morgan fingerprint density at radius 3 is 2.94 bits per heavy atom. The van der Waals surface area contributed by atoms with Gasteiger partial charge in [0.2, 0.25) is 5.13 Å². The Morgan fingerprint density at radius 1 is 1.50 bits per heavy atom. The van der Waals surface area contributed by atoms with Crippen molar-refractivity contribution in [2.45, 2.75) is 20.8 Å². The van der Waals surface area contributed by atoms with Gasteiger partial charge in [-0.2, -0.15) is 5.10 Å². The van der Waals surface area contributed by atoms with Crippen molar-refractivity contribution < 1.29 is 4.74 Å². The van der Waals surface area contributed by atoms with Gasteiger partial charge in [0.25, 0.3) is 0 Å². The summed E-state index contributed by atoms with van der Waals surface area (Å²) >= 11 is 7.62. The number of nitrogens with one attached hydrogen (secondary N) is 1. The van der Waals surface area contributed by atoms with Crippen molar-refractivity contribution in [3.05, 3.63) is 17.2 Å². The van der Waals surface area contributed by atoms with Gasteiger partial charge in [-0.15, -0.1) is 0 Å². The summed E-state index contributed by atoms with van der Waals surface area (Å²) < 4.78 is 6.45. The van der Waals surface area contributed by atoms with Crippen LogP contribution in [0, 0.1) is 0 Å². The summed E-state index contributed by atoms with van der Waals surface area (Å²) in [7, 11) is 0. The zero-order chi connectivity index (χ0) is 13.1. The number of nitrogens with zero attached hydrogens (tertiary/aromatic N) is 2. The van der Waals surface area contributed by atoms with Gasteiger partial charge in [0.15, 0.2) is 0 Å². The zero-order valence-corrected chi connectivity index (χ0v) is 12.0.